The van der Waals surface area contributed by atoms with Crippen LogP contribution in [0, 0.1) is 0 Å². The maximum absolute atomic E-state index is 12.1. The van der Waals surface area contributed by atoms with Crippen molar-refractivity contribution >= 4 is 18.0 Å². The zero-order valence-corrected chi connectivity index (χ0v) is 13.6. The maximum atomic E-state index is 12.1. The number of aromatic nitrogens is 1. The van der Waals surface area contributed by atoms with E-state index in [1.165, 1.54) is 0 Å². The summed E-state index contributed by atoms with van der Waals surface area (Å²) in [5, 5.41) is 9.03. The smallest absolute Gasteiger partial charge is 0.419 e. The normalized spacial score (nSPS) is 11.9. The summed E-state index contributed by atoms with van der Waals surface area (Å²) in [6.45, 7) is 10.0. The van der Waals surface area contributed by atoms with Crippen LogP contribution < -0.4 is 0 Å². The molecule has 7 nitrogen and oxygen atoms in total. The van der Waals surface area contributed by atoms with Crippen molar-refractivity contribution in [3.63, 3.8) is 0 Å². The number of ether oxygens (including phenoxy) is 2. The summed E-state index contributed by atoms with van der Waals surface area (Å²) in [7, 11) is 0. The molecule has 122 valence electrons. The van der Waals surface area contributed by atoms with Crippen LogP contribution >= 0.6 is 0 Å². The van der Waals surface area contributed by atoms with Gasteiger partial charge in [-0.1, -0.05) is 0 Å². The van der Waals surface area contributed by atoms with Gasteiger partial charge in [0, 0.05) is 6.20 Å². The average molecular weight is 311 g/mol. The first kappa shape index (κ1) is 17.7. The molecule has 0 amide bonds. The van der Waals surface area contributed by atoms with Crippen LogP contribution in [-0.2, 0) is 9.47 Å². The van der Waals surface area contributed by atoms with E-state index in [2.05, 4.69) is 0 Å². The summed E-state index contributed by atoms with van der Waals surface area (Å²) in [6, 6.07) is 1.08. The Bertz CT molecular complexity index is 555. The molecule has 1 rings (SSSR count). The zero-order valence-electron chi connectivity index (χ0n) is 13.6. The van der Waals surface area contributed by atoms with Gasteiger partial charge in [0.2, 0.25) is 0 Å². The summed E-state index contributed by atoms with van der Waals surface area (Å²) < 4.78 is 11.2. The maximum Gasteiger partial charge on any atom is 0.419 e. The lowest BCUT2D eigenvalue weighted by atomic mass is 10.2. The lowest BCUT2D eigenvalue weighted by Crippen LogP contribution is -2.30. The van der Waals surface area contributed by atoms with Crippen molar-refractivity contribution < 1.29 is 29.0 Å². The van der Waals surface area contributed by atoms with E-state index in [0.29, 0.717) is 0 Å². The van der Waals surface area contributed by atoms with Gasteiger partial charge in [-0.3, -0.25) is 0 Å². The van der Waals surface area contributed by atoms with Crippen molar-refractivity contribution in [3.8, 4) is 0 Å². The highest BCUT2D eigenvalue weighted by molar-refractivity contribution is 5.97. The molecule has 22 heavy (non-hydrogen) atoms. The molecular weight excluding hydrogens is 290 g/mol. The van der Waals surface area contributed by atoms with E-state index in [-0.39, 0.29) is 11.3 Å². The van der Waals surface area contributed by atoms with Crippen LogP contribution in [0.4, 0.5) is 4.79 Å². The number of carboxylic acid groups (broad SMARTS) is 1. The third-order valence-corrected chi connectivity index (χ3v) is 2.27. The van der Waals surface area contributed by atoms with Crippen LogP contribution in [0.2, 0.25) is 0 Å². The molecule has 0 aromatic carbocycles. The van der Waals surface area contributed by atoms with Gasteiger partial charge in [-0.2, -0.15) is 0 Å². The number of carbonyl (C=O) groups excluding carboxylic acids is 2. The summed E-state index contributed by atoms with van der Waals surface area (Å²) in [6.07, 6.45) is 0.191. The topological polar surface area (TPSA) is 94.8 Å². The molecule has 0 aliphatic carbocycles. The molecule has 7 heteroatoms. The highest BCUT2D eigenvalue weighted by atomic mass is 16.6. The molecule has 1 N–H and O–H groups in total. The van der Waals surface area contributed by atoms with Gasteiger partial charge in [-0.25, -0.2) is 19.0 Å². The fourth-order valence-corrected chi connectivity index (χ4v) is 1.53. The van der Waals surface area contributed by atoms with Crippen molar-refractivity contribution in [2.24, 2.45) is 0 Å². The Kier molecular flexibility index (Phi) is 4.70. The lowest BCUT2D eigenvalue weighted by Gasteiger charge is -2.22. The molecule has 1 heterocycles. The number of rotatable bonds is 2. The Hall–Kier alpha value is -2.31. The third-order valence-electron chi connectivity index (χ3n) is 2.27. The van der Waals surface area contributed by atoms with Gasteiger partial charge < -0.3 is 14.6 Å². The van der Waals surface area contributed by atoms with Gasteiger partial charge in [0.05, 0.1) is 5.56 Å². The summed E-state index contributed by atoms with van der Waals surface area (Å²) in [4.78, 5) is 35.3. The van der Waals surface area contributed by atoms with Crippen molar-refractivity contribution in [3.05, 3.63) is 23.5 Å². The Morgan fingerprint density at radius 1 is 1.00 bits per heavy atom. The molecule has 0 radical (unpaired) electrons. The molecule has 0 aliphatic rings. The molecule has 1 aromatic rings. The Balaban J connectivity index is 3.23. The zero-order chi connectivity index (χ0) is 17.3. The number of esters is 1. The van der Waals surface area contributed by atoms with Crippen molar-refractivity contribution in [1.82, 2.24) is 4.57 Å². The van der Waals surface area contributed by atoms with E-state index in [4.69, 9.17) is 14.6 Å². The molecule has 0 saturated heterocycles. The molecule has 0 unspecified atom stereocenters. The van der Waals surface area contributed by atoms with E-state index in [1.807, 2.05) is 0 Å². The number of carboxylic acids is 1. The Labute approximate surface area is 128 Å². The van der Waals surface area contributed by atoms with E-state index in [9.17, 15) is 14.4 Å². The second kappa shape index (κ2) is 5.82. The minimum Gasteiger partial charge on any atom is -0.478 e. The van der Waals surface area contributed by atoms with Crippen LogP contribution in [-0.4, -0.2) is 38.9 Å². The minimum absolute atomic E-state index is 0.193. The van der Waals surface area contributed by atoms with Gasteiger partial charge in [-0.15, -0.1) is 0 Å². The lowest BCUT2D eigenvalue weighted by molar-refractivity contribution is 0.00491. The average Bonchev–Trinajstić information content (AvgIpc) is 2.68. The van der Waals surface area contributed by atoms with Crippen LogP contribution in [0.5, 0.6) is 0 Å². The summed E-state index contributed by atoms with van der Waals surface area (Å²) in [5.41, 5.74) is -1.95. The Morgan fingerprint density at radius 3 is 1.91 bits per heavy atom. The predicted molar refractivity (Wildman–Crippen MR) is 78.2 cm³/mol. The highest BCUT2D eigenvalue weighted by Crippen LogP contribution is 2.17. The standard InChI is InChI=1S/C15H21NO6/c1-14(2,3)21-12(19)10-7-9(11(17)18)8-16(10)13(20)22-15(4,5)6/h7-8H,1-6H3,(H,17,18). The van der Waals surface area contributed by atoms with E-state index in [0.717, 1.165) is 16.8 Å². The largest absolute Gasteiger partial charge is 0.478 e. The molecular formula is C15H21NO6. The van der Waals surface area contributed by atoms with Crippen LogP contribution in [0.1, 0.15) is 62.4 Å². The molecule has 0 fully saturated rings. The van der Waals surface area contributed by atoms with Gasteiger partial charge in [0.1, 0.15) is 16.9 Å². The quantitative estimate of drug-likeness (QED) is 0.844. The van der Waals surface area contributed by atoms with Gasteiger partial charge >= 0.3 is 18.0 Å². The van der Waals surface area contributed by atoms with E-state index < -0.39 is 29.2 Å². The fourth-order valence-electron chi connectivity index (χ4n) is 1.53. The second-order valence-corrected chi connectivity index (χ2v) is 6.77. The Morgan fingerprint density at radius 2 is 1.50 bits per heavy atom. The molecule has 0 spiro atoms. The first-order valence-corrected chi connectivity index (χ1v) is 6.72. The van der Waals surface area contributed by atoms with Crippen molar-refractivity contribution in [1.29, 1.82) is 0 Å². The van der Waals surface area contributed by atoms with Crippen LogP contribution in [0.3, 0.4) is 0 Å². The highest BCUT2D eigenvalue weighted by Gasteiger charge is 2.28. The van der Waals surface area contributed by atoms with E-state index >= 15 is 0 Å². The number of aromatic carboxylic acids is 1. The van der Waals surface area contributed by atoms with Gasteiger partial charge in [0.15, 0.2) is 0 Å². The summed E-state index contributed by atoms with van der Waals surface area (Å²) >= 11 is 0. The predicted octanol–water partition coefficient (Wildman–Crippen LogP) is 2.92. The van der Waals surface area contributed by atoms with Crippen molar-refractivity contribution in [2.75, 3.05) is 0 Å². The van der Waals surface area contributed by atoms with Crippen LogP contribution in [0.25, 0.3) is 0 Å². The van der Waals surface area contributed by atoms with Gasteiger partial charge in [0.25, 0.3) is 0 Å². The van der Waals surface area contributed by atoms with Crippen molar-refractivity contribution in [2.45, 2.75) is 52.7 Å². The first-order valence-electron chi connectivity index (χ1n) is 6.72. The number of carbonyl (C=O) groups is 3. The molecule has 0 saturated carbocycles. The van der Waals surface area contributed by atoms with Gasteiger partial charge in [-0.05, 0) is 47.6 Å². The first-order chi connectivity index (χ1) is 9.80. The second-order valence-electron chi connectivity index (χ2n) is 6.77. The number of hydrogen-bond donors (Lipinski definition) is 1. The van der Waals surface area contributed by atoms with Crippen LogP contribution in [0.15, 0.2) is 12.3 Å². The SMILES string of the molecule is CC(C)(C)OC(=O)c1cc(C(=O)O)cn1C(=O)OC(C)(C)C. The number of hydrogen-bond acceptors (Lipinski definition) is 5. The monoisotopic (exact) mass is 311 g/mol. The third kappa shape index (κ3) is 4.91. The fraction of sp³-hybridized carbons (Fsp3) is 0.533. The minimum atomic E-state index is -1.26. The molecule has 0 atom stereocenters. The number of nitrogens with zero attached hydrogens (tertiary/aromatic N) is 1. The van der Waals surface area contributed by atoms with E-state index in [1.54, 1.807) is 41.5 Å². The molecule has 0 bridgehead atoms. The molecule has 0 aliphatic heterocycles. The summed E-state index contributed by atoms with van der Waals surface area (Å²) in [5.74, 6) is -2.06. The molecule has 1 aromatic heterocycles.